The summed E-state index contributed by atoms with van der Waals surface area (Å²) in [4.78, 5) is 12.0. The topological polar surface area (TPSA) is 38.3 Å². The monoisotopic (exact) mass is 257 g/mol. The Hall–Kier alpha value is -0.220. The number of nitrogens with one attached hydrogen (secondary N) is 1. The highest BCUT2D eigenvalue weighted by Gasteiger charge is 2.35. The molecule has 1 aliphatic carbocycles. The molecule has 17 heavy (non-hydrogen) atoms. The average Bonchev–Trinajstić information content (AvgIpc) is 2.86. The number of hydrogen-bond donors (Lipinski definition) is 1. The van der Waals surface area contributed by atoms with Crippen molar-refractivity contribution in [2.75, 3.05) is 25.2 Å². The van der Waals surface area contributed by atoms with E-state index in [2.05, 4.69) is 5.32 Å². The maximum atomic E-state index is 12.0. The number of rotatable bonds is 4. The van der Waals surface area contributed by atoms with Gasteiger partial charge < -0.3 is 10.1 Å². The first-order valence-electron chi connectivity index (χ1n) is 6.66. The Labute approximate surface area is 108 Å². The summed E-state index contributed by atoms with van der Waals surface area (Å²) in [7, 11) is 1.76. The lowest BCUT2D eigenvalue weighted by Crippen LogP contribution is -2.46. The molecule has 1 aliphatic heterocycles. The van der Waals surface area contributed by atoms with Gasteiger partial charge >= 0.3 is 0 Å². The Morgan fingerprint density at radius 3 is 2.76 bits per heavy atom. The van der Waals surface area contributed by atoms with E-state index in [4.69, 9.17) is 4.74 Å². The van der Waals surface area contributed by atoms with E-state index < -0.39 is 0 Å². The molecule has 0 spiro atoms. The predicted octanol–water partition coefficient (Wildman–Crippen LogP) is 2.21. The minimum Gasteiger partial charge on any atom is -0.376 e. The number of hydrogen-bond acceptors (Lipinski definition) is 3. The molecule has 1 amide bonds. The lowest BCUT2D eigenvalue weighted by atomic mass is 9.88. The summed E-state index contributed by atoms with van der Waals surface area (Å²) in [6, 6.07) is 0. The first-order valence-corrected chi connectivity index (χ1v) is 7.82. The summed E-state index contributed by atoms with van der Waals surface area (Å²) in [5.74, 6) is 2.66. The van der Waals surface area contributed by atoms with Crippen molar-refractivity contribution in [1.82, 2.24) is 5.32 Å². The molecule has 0 aromatic carbocycles. The van der Waals surface area contributed by atoms with Crippen molar-refractivity contribution in [2.45, 2.75) is 44.1 Å². The zero-order chi connectivity index (χ0) is 12.1. The van der Waals surface area contributed by atoms with Crippen molar-refractivity contribution in [2.24, 2.45) is 5.92 Å². The molecule has 1 unspecified atom stereocenters. The molecule has 3 nitrogen and oxygen atoms in total. The van der Waals surface area contributed by atoms with Gasteiger partial charge in [-0.05, 0) is 25.0 Å². The molecule has 1 saturated carbocycles. The number of carbonyl (C=O) groups excluding carboxylic acids is 1. The molecule has 4 heteroatoms. The highest BCUT2D eigenvalue weighted by molar-refractivity contribution is 7.99. The Morgan fingerprint density at radius 2 is 2.18 bits per heavy atom. The summed E-state index contributed by atoms with van der Waals surface area (Å²) in [5.41, 5.74) is -0.102. The molecular weight excluding hydrogens is 234 g/mol. The van der Waals surface area contributed by atoms with Gasteiger partial charge in [-0.2, -0.15) is 11.8 Å². The average molecular weight is 257 g/mol. The third-order valence-electron chi connectivity index (χ3n) is 4.06. The molecule has 2 aliphatic rings. The van der Waals surface area contributed by atoms with Crippen molar-refractivity contribution in [1.29, 1.82) is 0 Å². The Bertz CT molecular complexity index is 258. The maximum Gasteiger partial charge on any atom is 0.223 e. The summed E-state index contributed by atoms with van der Waals surface area (Å²) in [5, 5.41) is 3.11. The fourth-order valence-electron chi connectivity index (χ4n) is 2.72. The summed E-state index contributed by atoms with van der Waals surface area (Å²) in [6.07, 6.45) is 6.91. The van der Waals surface area contributed by atoms with Gasteiger partial charge in [-0.25, -0.2) is 0 Å². The van der Waals surface area contributed by atoms with Gasteiger partial charge in [0, 0.05) is 25.3 Å². The van der Waals surface area contributed by atoms with Gasteiger partial charge in [-0.15, -0.1) is 0 Å². The summed E-state index contributed by atoms with van der Waals surface area (Å²) in [6.45, 7) is 0.686. The molecule has 1 saturated heterocycles. The van der Waals surface area contributed by atoms with Crippen molar-refractivity contribution >= 4 is 17.7 Å². The number of carbonyl (C=O) groups is 1. The third kappa shape index (κ3) is 3.38. The summed E-state index contributed by atoms with van der Waals surface area (Å²) < 4.78 is 5.60. The molecule has 0 bridgehead atoms. The number of methoxy groups -OCH3 is 1. The zero-order valence-electron chi connectivity index (χ0n) is 10.7. The van der Waals surface area contributed by atoms with Gasteiger partial charge in [-0.3, -0.25) is 4.79 Å². The van der Waals surface area contributed by atoms with E-state index in [0.29, 0.717) is 6.54 Å². The van der Waals surface area contributed by atoms with Gasteiger partial charge in [0.2, 0.25) is 5.91 Å². The van der Waals surface area contributed by atoms with Gasteiger partial charge in [0.15, 0.2) is 0 Å². The van der Waals surface area contributed by atoms with Gasteiger partial charge in [-0.1, -0.05) is 19.3 Å². The third-order valence-corrected chi connectivity index (χ3v) is 5.28. The van der Waals surface area contributed by atoms with Crippen molar-refractivity contribution in [3.8, 4) is 0 Å². The number of ether oxygens (including phenoxy) is 1. The van der Waals surface area contributed by atoms with Gasteiger partial charge in [0.1, 0.15) is 0 Å². The van der Waals surface area contributed by atoms with Gasteiger partial charge in [0.05, 0.1) is 5.60 Å². The molecule has 2 rings (SSSR count). The minimum atomic E-state index is -0.102. The van der Waals surface area contributed by atoms with Crippen LogP contribution < -0.4 is 5.32 Å². The highest BCUT2D eigenvalue weighted by Crippen LogP contribution is 2.30. The fourth-order valence-corrected chi connectivity index (χ4v) is 4.12. The quantitative estimate of drug-likeness (QED) is 0.839. The Balaban J connectivity index is 1.78. The van der Waals surface area contributed by atoms with E-state index in [-0.39, 0.29) is 17.4 Å². The van der Waals surface area contributed by atoms with E-state index in [1.165, 1.54) is 19.3 Å². The highest BCUT2D eigenvalue weighted by atomic mass is 32.2. The van der Waals surface area contributed by atoms with Crippen LogP contribution in [0.25, 0.3) is 0 Å². The SMILES string of the molecule is COC1(CNC(=O)C2CCCCC2)CCSC1. The van der Waals surface area contributed by atoms with E-state index in [1.807, 2.05) is 11.8 Å². The van der Waals surface area contributed by atoms with Crippen molar-refractivity contribution in [3.63, 3.8) is 0 Å². The van der Waals surface area contributed by atoms with Crippen LogP contribution in [-0.2, 0) is 9.53 Å². The van der Waals surface area contributed by atoms with Crippen molar-refractivity contribution in [3.05, 3.63) is 0 Å². The minimum absolute atomic E-state index is 0.102. The van der Waals surface area contributed by atoms with Crippen LogP contribution in [0.5, 0.6) is 0 Å². The van der Waals surface area contributed by atoms with Crippen LogP contribution in [0.2, 0.25) is 0 Å². The second-order valence-corrected chi connectivity index (χ2v) is 6.35. The molecule has 0 aromatic rings. The van der Waals surface area contributed by atoms with E-state index >= 15 is 0 Å². The number of amides is 1. The molecule has 2 fully saturated rings. The van der Waals surface area contributed by atoms with Crippen LogP contribution in [0.3, 0.4) is 0 Å². The molecule has 1 atom stereocenters. The van der Waals surface area contributed by atoms with Crippen LogP contribution in [0.4, 0.5) is 0 Å². The molecule has 1 heterocycles. The second-order valence-electron chi connectivity index (χ2n) is 5.24. The lowest BCUT2D eigenvalue weighted by Gasteiger charge is -2.28. The Kier molecular flexibility index (Phi) is 4.74. The first-order chi connectivity index (χ1) is 8.26. The van der Waals surface area contributed by atoms with Crippen LogP contribution in [0, 0.1) is 5.92 Å². The van der Waals surface area contributed by atoms with Crippen LogP contribution in [0.1, 0.15) is 38.5 Å². The van der Waals surface area contributed by atoms with Gasteiger partial charge in [0.25, 0.3) is 0 Å². The lowest BCUT2D eigenvalue weighted by molar-refractivity contribution is -0.127. The van der Waals surface area contributed by atoms with E-state index in [1.54, 1.807) is 7.11 Å². The molecule has 98 valence electrons. The molecule has 1 N–H and O–H groups in total. The fraction of sp³-hybridized carbons (Fsp3) is 0.923. The van der Waals surface area contributed by atoms with E-state index in [0.717, 1.165) is 30.8 Å². The zero-order valence-corrected chi connectivity index (χ0v) is 11.5. The number of thioether (sulfide) groups is 1. The molecule has 0 aromatic heterocycles. The largest absolute Gasteiger partial charge is 0.376 e. The smallest absolute Gasteiger partial charge is 0.223 e. The summed E-state index contributed by atoms with van der Waals surface area (Å²) >= 11 is 1.92. The van der Waals surface area contributed by atoms with Crippen LogP contribution >= 0.6 is 11.8 Å². The second kappa shape index (κ2) is 6.10. The van der Waals surface area contributed by atoms with Crippen molar-refractivity contribution < 1.29 is 9.53 Å². The Morgan fingerprint density at radius 1 is 1.41 bits per heavy atom. The van der Waals surface area contributed by atoms with E-state index in [9.17, 15) is 4.79 Å². The molecular formula is C13H23NO2S. The standard InChI is InChI=1S/C13H23NO2S/c1-16-13(7-8-17-10-13)9-14-12(15)11-5-3-2-4-6-11/h11H,2-10H2,1H3,(H,14,15). The predicted molar refractivity (Wildman–Crippen MR) is 71.3 cm³/mol. The normalized spacial score (nSPS) is 30.4. The maximum absolute atomic E-state index is 12.0. The molecule has 0 radical (unpaired) electrons. The van der Waals surface area contributed by atoms with Crippen LogP contribution in [-0.4, -0.2) is 36.7 Å². The van der Waals surface area contributed by atoms with Crippen LogP contribution in [0.15, 0.2) is 0 Å². The first kappa shape index (κ1) is 13.2.